The maximum absolute atomic E-state index is 10.3. The minimum atomic E-state index is 0.433. The quantitative estimate of drug-likeness (QED) is 0.582. The number of benzene rings is 2. The number of aldehydes is 1. The van der Waals surface area contributed by atoms with Crippen LogP contribution < -0.4 is 0 Å². The summed E-state index contributed by atoms with van der Waals surface area (Å²) in [6, 6.07) is 15.3. The maximum Gasteiger partial charge on any atom is 0.144 e. The molecular weight excluding hydrogens is 267 g/mol. The molecule has 0 unspecified atom stereocenters. The molecule has 2 aromatic carbocycles. The Morgan fingerprint density at radius 2 is 1.72 bits per heavy atom. The molecule has 0 spiro atoms. The van der Waals surface area contributed by atoms with Gasteiger partial charge in [0.25, 0.3) is 0 Å². The molecule has 0 aliphatic rings. The summed E-state index contributed by atoms with van der Waals surface area (Å²) >= 11 is 11.9. The summed E-state index contributed by atoms with van der Waals surface area (Å²) in [6.45, 7) is 0. The molecule has 0 radical (unpaired) electrons. The molecule has 1 nitrogen and oxygen atoms in total. The van der Waals surface area contributed by atoms with Crippen LogP contribution in [-0.4, -0.2) is 6.29 Å². The van der Waals surface area contributed by atoms with E-state index in [4.69, 9.17) is 23.2 Å². The van der Waals surface area contributed by atoms with Crippen LogP contribution >= 0.6 is 23.2 Å². The Hall–Kier alpha value is -1.57. The Labute approximate surface area is 116 Å². The molecule has 0 heterocycles. The Balaban J connectivity index is 2.33. The molecule has 90 valence electrons. The van der Waals surface area contributed by atoms with E-state index in [1.54, 1.807) is 0 Å². The number of hydrogen-bond donors (Lipinski definition) is 0. The molecule has 2 rings (SSSR count). The van der Waals surface area contributed by atoms with Crippen molar-refractivity contribution < 1.29 is 4.79 Å². The summed E-state index contributed by atoms with van der Waals surface area (Å²) in [7, 11) is 0. The second kappa shape index (κ2) is 5.85. The van der Waals surface area contributed by atoms with Crippen LogP contribution in [0.3, 0.4) is 0 Å². The van der Waals surface area contributed by atoms with Gasteiger partial charge in [0.1, 0.15) is 6.29 Å². The molecule has 0 aromatic heterocycles. The van der Waals surface area contributed by atoms with E-state index in [1.165, 1.54) is 6.08 Å². The van der Waals surface area contributed by atoms with E-state index in [2.05, 4.69) is 0 Å². The lowest BCUT2D eigenvalue weighted by molar-refractivity contribution is -0.104. The second-order valence-corrected chi connectivity index (χ2v) is 4.58. The summed E-state index contributed by atoms with van der Waals surface area (Å²) in [5, 5.41) is 1.14. The molecule has 0 amide bonds. The number of hydrogen-bond acceptors (Lipinski definition) is 1. The lowest BCUT2D eigenvalue weighted by Crippen LogP contribution is -1.81. The van der Waals surface area contributed by atoms with E-state index < -0.39 is 0 Å². The molecule has 0 saturated heterocycles. The Morgan fingerprint density at radius 1 is 1.00 bits per heavy atom. The average molecular weight is 277 g/mol. The van der Waals surface area contributed by atoms with E-state index in [9.17, 15) is 4.79 Å². The number of carbonyl (C=O) groups is 1. The zero-order valence-electron chi connectivity index (χ0n) is 9.44. The summed E-state index contributed by atoms with van der Waals surface area (Å²) in [4.78, 5) is 10.3. The van der Waals surface area contributed by atoms with Crippen LogP contribution in [0.1, 0.15) is 5.56 Å². The van der Waals surface area contributed by atoms with Crippen molar-refractivity contribution in [2.45, 2.75) is 0 Å². The number of rotatable bonds is 3. The first-order valence-corrected chi connectivity index (χ1v) is 6.13. The van der Waals surface area contributed by atoms with Crippen molar-refractivity contribution in [3.05, 3.63) is 65.2 Å². The molecular formula is C15H10Cl2O. The summed E-state index contributed by atoms with van der Waals surface area (Å²) in [5.41, 5.74) is 2.91. The molecule has 0 fully saturated rings. The van der Waals surface area contributed by atoms with E-state index in [0.717, 1.165) is 16.7 Å². The van der Waals surface area contributed by atoms with Gasteiger partial charge >= 0.3 is 0 Å². The van der Waals surface area contributed by atoms with Gasteiger partial charge in [0.2, 0.25) is 0 Å². The van der Waals surface area contributed by atoms with Crippen molar-refractivity contribution in [2.24, 2.45) is 0 Å². The average Bonchev–Trinajstić information content (AvgIpc) is 2.39. The molecule has 0 aliphatic carbocycles. The van der Waals surface area contributed by atoms with Crippen molar-refractivity contribution in [2.75, 3.05) is 0 Å². The van der Waals surface area contributed by atoms with Crippen molar-refractivity contribution in [1.82, 2.24) is 0 Å². The topological polar surface area (TPSA) is 17.1 Å². The fourth-order valence-electron chi connectivity index (χ4n) is 1.65. The molecule has 0 bridgehead atoms. The minimum absolute atomic E-state index is 0.433. The highest BCUT2D eigenvalue weighted by Crippen LogP contribution is 2.25. The monoisotopic (exact) mass is 276 g/mol. The fourth-order valence-corrected chi connectivity index (χ4v) is 2.01. The third-order valence-electron chi connectivity index (χ3n) is 2.53. The van der Waals surface area contributed by atoms with Gasteiger partial charge in [0, 0.05) is 5.02 Å². The number of halogens is 2. The number of carbonyl (C=O) groups excluding carboxylic acids is 1. The van der Waals surface area contributed by atoms with Gasteiger partial charge in [0.05, 0.1) is 5.03 Å². The van der Waals surface area contributed by atoms with Crippen molar-refractivity contribution >= 4 is 34.5 Å². The molecule has 18 heavy (non-hydrogen) atoms. The fraction of sp³-hybridized carbons (Fsp3) is 0. The molecule has 2 aromatic rings. The van der Waals surface area contributed by atoms with Gasteiger partial charge < -0.3 is 0 Å². The van der Waals surface area contributed by atoms with Gasteiger partial charge in [-0.3, -0.25) is 4.79 Å². The van der Waals surface area contributed by atoms with Crippen LogP contribution in [0.15, 0.2) is 54.6 Å². The molecule has 0 atom stereocenters. The van der Waals surface area contributed by atoms with Gasteiger partial charge in [-0.25, -0.2) is 0 Å². The highest BCUT2D eigenvalue weighted by Gasteiger charge is 2.01. The van der Waals surface area contributed by atoms with E-state index in [0.29, 0.717) is 16.3 Å². The summed E-state index contributed by atoms with van der Waals surface area (Å²) in [6.07, 6.45) is 2.00. The zero-order chi connectivity index (χ0) is 13.0. The van der Waals surface area contributed by atoms with Gasteiger partial charge in [0.15, 0.2) is 0 Å². The first kappa shape index (κ1) is 12.9. The SMILES string of the molecule is O=CC=C(Cl)c1ccc(-c2cccc(Cl)c2)cc1. The molecule has 0 aliphatic heterocycles. The predicted molar refractivity (Wildman–Crippen MR) is 76.8 cm³/mol. The van der Waals surface area contributed by atoms with Crippen LogP contribution in [-0.2, 0) is 4.79 Å². The predicted octanol–water partition coefficient (Wildman–Crippen LogP) is 4.79. The van der Waals surface area contributed by atoms with Gasteiger partial charge in [-0.2, -0.15) is 0 Å². The van der Waals surface area contributed by atoms with Crippen LogP contribution in [0, 0.1) is 0 Å². The smallest absolute Gasteiger partial charge is 0.144 e. The lowest BCUT2D eigenvalue weighted by atomic mass is 10.0. The third kappa shape index (κ3) is 3.00. The van der Waals surface area contributed by atoms with Crippen LogP contribution in [0.5, 0.6) is 0 Å². The van der Waals surface area contributed by atoms with Crippen molar-refractivity contribution in [1.29, 1.82) is 0 Å². The largest absolute Gasteiger partial charge is 0.299 e. The Morgan fingerprint density at radius 3 is 2.33 bits per heavy atom. The second-order valence-electron chi connectivity index (χ2n) is 3.74. The van der Waals surface area contributed by atoms with Crippen molar-refractivity contribution in [3.63, 3.8) is 0 Å². The van der Waals surface area contributed by atoms with Gasteiger partial charge in [-0.1, -0.05) is 59.6 Å². The lowest BCUT2D eigenvalue weighted by Gasteiger charge is -2.04. The third-order valence-corrected chi connectivity index (χ3v) is 3.11. The zero-order valence-corrected chi connectivity index (χ0v) is 10.9. The van der Waals surface area contributed by atoms with Crippen LogP contribution in [0.2, 0.25) is 5.02 Å². The number of allylic oxidation sites excluding steroid dienone is 1. The van der Waals surface area contributed by atoms with Crippen LogP contribution in [0.25, 0.3) is 16.2 Å². The minimum Gasteiger partial charge on any atom is -0.299 e. The van der Waals surface area contributed by atoms with E-state index in [1.807, 2.05) is 48.5 Å². The first-order chi connectivity index (χ1) is 8.70. The highest BCUT2D eigenvalue weighted by atomic mass is 35.5. The summed E-state index contributed by atoms with van der Waals surface area (Å²) in [5.74, 6) is 0. The van der Waals surface area contributed by atoms with Crippen LogP contribution in [0.4, 0.5) is 0 Å². The van der Waals surface area contributed by atoms with E-state index >= 15 is 0 Å². The highest BCUT2D eigenvalue weighted by molar-refractivity contribution is 6.49. The first-order valence-electron chi connectivity index (χ1n) is 5.38. The van der Waals surface area contributed by atoms with Gasteiger partial charge in [-0.05, 0) is 34.9 Å². The molecule has 3 heteroatoms. The molecule has 0 saturated carbocycles. The maximum atomic E-state index is 10.3. The van der Waals surface area contributed by atoms with E-state index in [-0.39, 0.29) is 0 Å². The van der Waals surface area contributed by atoms with Crippen molar-refractivity contribution in [3.8, 4) is 11.1 Å². The van der Waals surface area contributed by atoms with Gasteiger partial charge in [-0.15, -0.1) is 0 Å². The standard InChI is InChI=1S/C15H10Cl2O/c16-14-3-1-2-13(10-14)11-4-6-12(7-5-11)15(17)8-9-18/h1-10H. The Bertz CT molecular complexity index is 586. The normalized spacial score (nSPS) is 11.3. The molecule has 0 N–H and O–H groups in total. The Kier molecular flexibility index (Phi) is 4.19. The summed E-state index contributed by atoms with van der Waals surface area (Å²) < 4.78 is 0.